The molecule has 2 aliphatic heterocycles. The van der Waals surface area contributed by atoms with Crippen LogP contribution in [-0.2, 0) is 0 Å². The summed E-state index contributed by atoms with van der Waals surface area (Å²) >= 11 is 0. The van der Waals surface area contributed by atoms with Gasteiger partial charge in [-0.15, -0.1) is 0 Å². The van der Waals surface area contributed by atoms with Gasteiger partial charge in [-0.2, -0.15) is 0 Å². The maximum absolute atomic E-state index is 8.75. The van der Waals surface area contributed by atoms with E-state index in [0.717, 1.165) is 32.2 Å². The fourth-order valence-corrected chi connectivity index (χ4v) is 3.28. The molecule has 6 heteroatoms. The fourth-order valence-electron chi connectivity index (χ4n) is 3.28. The zero-order valence-electron chi connectivity index (χ0n) is 15.3. The lowest BCUT2D eigenvalue weighted by Crippen LogP contribution is -2.39. The highest BCUT2D eigenvalue weighted by atomic mass is 16.4. The standard InChI is InChI=1S/C12H27BN2O2.C5H11N/c1-12(14,6-2-3-8-13(16)17)7-11-15-9-4-5-10-15;1-6-4-2-3-5-6/h16-17H,2-11,14H2,1H3;2-5H2,1H3. The van der Waals surface area contributed by atoms with Gasteiger partial charge in [0.25, 0.3) is 0 Å². The minimum Gasteiger partial charge on any atom is -0.427 e. The molecule has 5 nitrogen and oxygen atoms in total. The second-order valence-electron chi connectivity index (χ2n) is 7.69. The SMILES string of the molecule is CC(N)(CCCCB(O)O)CCN1CCCC1.CN1CCCC1. The molecule has 136 valence electrons. The number of likely N-dealkylation sites (tertiary alicyclic amines) is 2. The van der Waals surface area contributed by atoms with Crippen molar-refractivity contribution in [3.8, 4) is 0 Å². The van der Waals surface area contributed by atoms with Gasteiger partial charge in [0.1, 0.15) is 0 Å². The molecule has 2 aliphatic rings. The summed E-state index contributed by atoms with van der Waals surface area (Å²) in [5.74, 6) is 0. The van der Waals surface area contributed by atoms with E-state index >= 15 is 0 Å². The monoisotopic (exact) mass is 327 g/mol. The number of nitrogens with two attached hydrogens (primary N) is 1. The van der Waals surface area contributed by atoms with E-state index in [4.69, 9.17) is 15.8 Å². The number of hydrogen-bond donors (Lipinski definition) is 3. The number of rotatable bonds is 8. The molecule has 0 bridgehead atoms. The Kier molecular flexibility index (Phi) is 10.4. The van der Waals surface area contributed by atoms with Crippen LogP contribution in [0.3, 0.4) is 0 Å². The minimum absolute atomic E-state index is 0.108. The van der Waals surface area contributed by atoms with E-state index in [0.29, 0.717) is 6.32 Å². The summed E-state index contributed by atoms with van der Waals surface area (Å²) in [5, 5.41) is 17.5. The van der Waals surface area contributed by atoms with Gasteiger partial charge in [-0.05, 0) is 91.5 Å². The third-order valence-corrected chi connectivity index (χ3v) is 4.99. The molecule has 0 aromatic heterocycles. The van der Waals surface area contributed by atoms with Gasteiger partial charge < -0.3 is 25.6 Å². The van der Waals surface area contributed by atoms with Crippen LogP contribution in [0.25, 0.3) is 0 Å². The second-order valence-corrected chi connectivity index (χ2v) is 7.69. The molecule has 4 N–H and O–H groups in total. The smallest absolute Gasteiger partial charge is 0.427 e. The molecule has 1 unspecified atom stereocenters. The second kappa shape index (κ2) is 11.4. The van der Waals surface area contributed by atoms with E-state index in [1.54, 1.807) is 0 Å². The minimum atomic E-state index is -1.16. The van der Waals surface area contributed by atoms with Crippen molar-refractivity contribution in [1.29, 1.82) is 0 Å². The first-order chi connectivity index (χ1) is 10.9. The van der Waals surface area contributed by atoms with Crippen molar-refractivity contribution in [2.45, 2.75) is 70.1 Å². The molecule has 1 atom stereocenters. The molecule has 0 amide bonds. The first-order valence-corrected chi connectivity index (χ1v) is 9.45. The highest BCUT2D eigenvalue weighted by Gasteiger charge is 2.21. The van der Waals surface area contributed by atoms with E-state index in [9.17, 15) is 0 Å². The Morgan fingerprint density at radius 2 is 1.52 bits per heavy atom. The van der Waals surface area contributed by atoms with Gasteiger partial charge in [0.2, 0.25) is 0 Å². The molecule has 2 fully saturated rings. The van der Waals surface area contributed by atoms with Crippen LogP contribution in [0.4, 0.5) is 0 Å². The average Bonchev–Trinajstić information content (AvgIpc) is 3.15. The maximum Gasteiger partial charge on any atom is 0.451 e. The molecule has 0 radical (unpaired) electrons. The van der Waals surface area contributed by atoms with Gasteiger partial charge in [0.05, 0.1) is 0 Å². The van der Waals surface area contributed by atoms with Gasteiger partial charge in [-0.25, -0.2) is 0 Å². The van der Waals surface area contributed by atoms with Crippen LogP contribution >= 0.6 is 0 Å². The Morgan fingerprint density at radius 1 is 0.957 bits per heavy atom. The van der Waals surface area contributed by atoms with Gasteiger partial charge in [0.15, 0.2) is 0 Å². The predicted octanol–water partition coefficient (Wildman–Crippen LogP) is 1.54. The quantitative estimate of drug-likeness (QED) is 0.466. The molecule has 2 heterocycles. The van der Waals surface area contributed by atoms with Crippen molar-refractivity contribution in [2.24, 2.45) is 5.73 Å². The summed E-state index contributed by atoms with van der Waals surface area (Å²) in [6.07, 6.45) is 9.77. The first-order valence-electron chi connectivity index (χ1n) is 9.45. The fraction of sp³-hybridized carbons (Fsp3) is 1.00. The summed E-state index contributed by atoms with van der Waals surface area (Å²) < 4.78 is 0. The van der Waals surface area contributed by atoms with Crippen molar-refractivity contribution < 1.29 is 10.0 Å². The number of hydrogen-bond acceptors (Lipinski definition) is 5. The van der Waals surface area contributed by atoms with E-state index in [1.165, 1.54) is 51.9 Å². The van der Waals surface area contributed by atoms with Crippen LogP contribution in [-0.4, -0.2) is 72.3 Å². The third kappa shape index (κ3) is 11.1. The van der Waals surface area contributed by atoms with Crippen LogP contribution in [0.15, 0.2) is 0 Å². The largest absolute Gasteiger partial charge is 0.451 e. The lowest BCUT2D eigenvalue weighted by atomic mass is 9.82. The molecule has 0 saturated carbocycles. The van der Waals surface area contributed by atoms with Gasteiger partial charge in [0, 0.05) is 5.54 Å². The van der Waals surface area contributed by atoms with Crippen molar-refractivity contribution in [3.63, 3.8) is 0 Å². The van der Waals surface area contributed by atoms with Crippen molar-refractivity contribution in [3.05, 3.63) is 0 Å². The van der Waals surface area contributed by atoms with Crippen LogP contribution in [0.2, 0.25) is 6.32 Å². The zero-order valence-corrected chi connectivity index (χ0v) is 15.3. The zero-order chi connectivity index (χ0) is 17.1. The molecule has 2 saturated heterocycles. The lowest BCUT2D eigenvalue weighted by molar-refractivity contribution is 0.277. The predicted molar refractivity (Wildman–Crippen MR) is 98.5 cm³/mol. The number of nitrogens with zero attached hydrogens (tertiary/aromatic N) is 2. The maximum atomic E-state index is 8.75. The third-order valence-electron chi connectivity index (χ3n) is 4.99. The van der Waals surface area contributed by atoms with Gasteiger partial charge in [-0.3, -0.25) is 0 Å². The summed E-state index contributed by atoms with van der Waals surface area (Å²) in [6, 6.07) is 0. The van der Waals surface area contributed by atoms with Crippen molar-refractivity contribution in [1.82, 2.24) is 9.80 Å². The first kappa shape index (κ1) is 20.9. The topological polar surface area (TPSA) is 73.0 Å². The lowest BCUT2D eigenvalue weighted by Gasteiger charge is -2.27. The molecule has 0 spiro atoms. The molecule has 0 aromatic carbocycles. The summed E-state index contributed by atoms with van der Waals surface area (Å²) in [4.78, 5) is 4.85. The highest BCUT2D eigenvalue weighted by molar-refractivity contribution is 6.40. The Hall–Kier alpha value is -0.135. The Morgan fingerprint density at radius 3 is 2.00 bits per heavy atom. The van der Waals surface area contributed by atoms with Gasteiger partial charge >= 0.3 is 7.12 Å². The molecule has 0 aromatic rings. The van der Waals surface area contributed by atoms with Crippen LogP contribution in [0.5, 0.6) is 0 Å². The van der Waals surface area contributed by atoms with Crippen molar-refractivity contribution >= 4 is 7.12 Å². The molecule has 2 rings (SSSR count). The Labute approximate surface area is 143 Å². The van der Waals surface area contributed by atoms with E-state index < -0.39 is 7.12 Å². The Bertz CT molecular complexity index is 292. The molecule has 23 heavy (non-hydrogen) atoms. The summed E-state index contributed by atoms with van der Waals surface area (Å²) in [6.45, 7) is 8.31. The molecular weight excluding hydrogens is 289 g/mol. The van der Waals surface area contributed by atoms with Crippen molar-refractivity contribution in [2.75, 3.05) is 39.8 Å². The normalized spacial score (nSPS) is 21.8. The van der Waals surface area contributed by atoms with Crippen LogP contribution in [0, 0.1) is 0 Å². The highest BCUT2D eigenvalue weighted by Crippen LogP contribution is 2.18. The summed E-state index contributed by atoms with van der Waals surface area (Å²) in [5.41, 5.74) is 6.15. The van der Waals surface area contributed by atoms with E-state index in [-0.39, 0.29) is 5.54 Å². The number of unbranched alkanes of at least 4 members (excludes halogenated alkanes) is 1. The molecular formula is C17H38BN3O2. The van der Waals surface area contributed by atoms with Crippen LogP contribution in [0.1, 0.15) is 58.3 Å². The van der Waals surface area contributed by atoms with E-state index in [2.05, 4.69) is 23.8 Å². The van der Waals surface area contributed by atoms with Gasteiger partial charge in [-0.1, -0.05) is 12.8 Å². The average molecular weight is 327 g/mol. The summed E-state index contributed by atoms with van der Waals surface area (Å²) in [7, 11) is 1.01. The van der Waals surface area contributed by atoms with Crippen LogP contribution < -0.4 is 5.73 Å². The Balaban J connectivity index is 0.000000366. The van der Waals surface area contributed by atoms with E-state index in [1.807, 2.05) is 0 Å². The molecule has 0 aliphatic carbocycles.